The molecule has 0 radical (unpaired) electrons. The van der Waals surface area contributed by atoms with Crippen molar-refractivity contribution < 1.29 is 4.74 Å². The fourth-order valence-corrected chi connectivity index (χ4v) is 2.10. The van der Waals surface area contributed by atoms with Crippen molar-refractivity contribution in [3.63, 3.8) is 0 Å². The number of hydrogen-bond donors (Lipinski definition) is 0. The lowest BCUT2D eigenvalue weighted by atomic mass is 10.3. The smallest absolute Gasteiger partial charge is 0.120 e. The second-order valence-corrected chi connectivity index (χ2v) is 4.89. The fraction of sp³-hybridized carbons (Fsp3) is 0.538. The maximum absolute atomic E-state index is 5.89. The lowest BCUT2D eigenvalue weighted by Gasteiger charge is -2.32. The quantitative estimate of drug-likeness (QED) is 0.847. The Hall–Kier alpha value is -0.480. The maximum atomic E-state index is 5.89. The Morgan fingerprint density at radius 2 is 1.94 bits per heavy atom. The van der Waals surface area contributed by atoms with Crippen molar-refractivity contribution in [2.24, 2.45) is 0 Å². The highest BCUT2D eigenvalue weighted by molar-refractivity contribution is 6.30. The fourth-order valence-electron chi connectivity index (χ4n) is 1.92. The molecule has 1 aliphatic heterocycles. The Bertz CT molecular complexity index is 355. The van der Waals surface area contributed by atoms with E-state index in [0.29, 0.717) is 0 Å². The largest absolute Gasteiger partial charge is 0.492 e. The van der Waals surface area contributed by atoms with E-state index >= 15 is 0 Å². The average Bonchev–Trinajstić information content (AvgIpc) is 2.32. The highest BCUT2D eigenvalue weighted by Gasteiger charge is 2.12. The minimum atomic E-state index is 0. The highest BCUT2D eigenvalue weighted by Crippen LogP contribution is 2.16. The molecule has 1 heterocycles. The van der Waals surface area contributed by atoms with Gasteiger partial charge >= 0.3 is 0 Å². The molecule has 1 aromatic rings. The normalized spacial score (nSPS) is 17.2. The van der Waals surface area contributed by atoms with E-state index in [4.69, 9.17) is 16.3 Å². The number of benzene rings is 1. The Kier molecular flexibility index (Phi) is 6.79. The van der Waals surface area contributed by atoms with Crippen LogP contribution in [0.25, 0.3) is 0 Å². The van der Waals surface area contributed by atoms with E-state index in [0.717, 1.165) is 50.1 Å². The summed E-state index contributed by atoms with van der Waals surface area (Å²) in [4.78, 5) is 4.79. The van der Waals surface area contributed by atoms with Gasteiger partial charge in [-0.25, -0.2) is 0 Å². The monoisotopic (exact) mass is 290 g/mol. The van der Waals surface area contributed by atoms with E-state index in [1.165, 1.54) is 0 Å². The van der Waals surface area contributed by atoms with Crippen molar-refractivity contribution in [2.45, 2.75) is 0 Å². The van der Waals surface area contributed by atoms with Gasteiger partial charge in [0.2, 0.25) is 0 Å². The lowest BCUT2D eigenvalue weighted by molar-refractivity contribution is 0.134. The molecule has 1 aliphatic rings. The minimum Gasteiger partial charge on any atom is -0.492 e. The first-order valence-electron chi connectivity index (χ1n) is 6.03. The summed E-state index contributed by atoms with van der Waals surface area (Å²) in [6.07, 6.45) is 0. The molecule has 0 aromatic heterocycles. The molecule has 0 bridgehead atoms. The molecule has 102 valence electrons. The van der Waals surface area contributed by atoms with Crippen molar-refractivity contribution in [1.82, 2.24) is 9.80 Å². The Balaban J connectivity index is 0.00000162. The summed E-state index contributed by atoms with van der Waals surface area (Å²) >= 11 is 5.89. The van der Waals surface area contributed by atoms with Crippen LogP contribution in [0.2, 0.25) is 5.02 Å². The predicted octanol–water partition coefficient (Wildman–Crippen LogP) is 2.39. The second kappa shape index (κ2) is 7.85. The van der Waals surface area contributed by atoms with E-state index in [2.05, 4.69) is 16.8 Å². The number of piperazine rings is 1. The van der Waals surface area contributed by atoms with Crippen molar-refractivity contribution in [1.29, 1.82) is 0 Å². The number of nitrogens with zero attached hydrogens (tertiary/aromatic N) is 2. The van der Waals surface area contributed by atoms with Crippen LogP contribution in [0.3, 0.4) is 0 Å². The van der Waals surface area contributed by atoms with E-state index in [9.17, 15) is 0 Å². The van der Waals surface area contributed by atoms with Gasteiger partial charge in [0.15, 0.2) is 0 Å². The topological polar surface area (TPSA) is 15.7 Å². The van der Waals surface area contributed by atoms with Gasteiger partial charge in [-0.05, 0) is 25.2 Å². The van der Waals surface area contributed by atoms with Gasteiger partial charge in [0.1, 0.15) is 12.4 Å². The molecule has 3 nitrogen and oxygen atoms in total. The summed E-state index contributed by atoms with van der Waals surface area (Å²) < 4.78 is 5.68. The summed E-state index contributed by atoms with van der Waals surface area (Å²) in [5.41, 5.74) is 0. The summed E-state index contributed by atoms with van der Waals surface area (Å²) in [6.45, 7) is 6.28. The molecule has 18 heavy (non-hydrogen) atoms. The van der Waals surface area contributed by atoms with Crippen molar-refractivity contribution in [3.05, 3.63) is 29.3 Å². The molecule has 1 aromatic carbocycles. The molecule has 0 atom stereocenters. The average molecular weight is 291 g/mol. The van der Waals surface area contributed by atoms with Crippen LogP contribution in [0, 0.1) is 0 Å². The number of halogens is 2. The predicted molar refractivity (Wildman–Crippen MR) is 78.1 cm³/mol. The third-order valence-electron chi connectivity index (χ3n) is 3.07. The van der Waals surface area contributed by atoms with Gasteiger partial charge in [0, 0.05) is 37.7 Å². The van der Waals surface area contributed by atoms with Gasteiger partial charge in [-0.15, -0.1) is 12.4 Å². The number of rotatable bonds is 4. The number of likely N-dealkylation sites (N-methyl/N-ethyl adjacent to an activating group) is 1. The SMILES string of the molecule is CN1CCN(CCOc2cccc(Cl)c2)CC1.Cl. The molecule has 1 fully saturated rings. The van der Waals surface area contributed by atoms with Crippen molar-refractivity contribution >= 4 is 24.0 Å². The first-order chi connectivity index (χ1) is 8.24. The summed E-state index contributed by atoms with van der Waals surface area (Å²) in [7, 11) is 2.17. The van der Waals surface area contributed by atoms with E-state index in [1.54, 1.807) is 0 Å². The van der Waals surface area contributed by atoms with Crippen LogP contribution in [0.5, 0.6) is 5.75 Å². The molecular formula is C13H20Cl2N2O. The van der Waals surface area contributed by atoms with Crippen molar-refractivity contribution in [3.8, 4) is 5.75 Å². The molecule has 0 saturated carbocycles. The second-order valence-electron chi connectivity index (χ2n) is 4.45. The van der Waals surface area contributed by atoms with Gasteiger partial charge in [-0.3, -0.25) is 4.90 Å². The zero-order valence-electron chi connectivity index (χ0n) is 10.6. The summed E-state index contributed by atoms with van der Waals surface area (Å²) in [5.74, 6) is 0.853. The summed E-state index contributed by atoms with van der Waals surface area (Å²) in [6, 6.07) is 7.56. The minimum absolute atomic E-state index is 0. The van der Waals surface area contributed by atoms with Gasteiger partial charge in [-0.2, -0.15) is 0 Å². The molecule has 0 N–H and O–H groups in total. The Morgan fingerprint density at radius 3 is 2.61 bits per heavy atom. The molecule has 0 aliphatic carbocycles. The molecule has 0 unspecified atom stereocenters. The van der Waals surface area contributed by atoms with E-state index in [-0.39, 0.29) is 12.4 Å². The van der Waals surface area contributed by atoms with Gasteiger partial charge in [0.05, 0.1) is 0 Å². The third kappa shape index (κ3) is 5.02. The molecule has 0 spiro atoms. The zero-order valence-corrected chi connectivity index (χ0v) is 12.2. The zero-order chi connectivity index (χ0) is 12.1. The van der Waals surface area contributed by atoms with Crippen LogP contribution in [-0.4, -0.2) is 56.2 Å². The lowest BCUT2D eigenvalue weighted by Crippen LogP contribution is -2.45. The number of ether oxygens (including phenoxy) is 1. The third-order valence-corrected chi connectivity index (χ3v) is 3.30. The highest BCUT2D eigenvalue weighted by atomic mass is 35.5. The number of hydrogen-bond acceptors (Lipinski definition) is 3. The van der Waals surface area contributed by atoms with Gasteiger partial charge in [-0.1, -0.05) is 17.7 Å². The van der Waals surface area contributed by atoms with Crippen LogP contribution in [0.15, 0.2) is 24.3 Å². The van der Waals surface area contributed by atoms with E-state index in [1.807, 2.05) is 24.3 Å². The van der Waals surface area contributed by atoms with Crippen LogP contribution in [0.1, 0.15) is 0 Å². The van der Waals surface area contributed by atoms with Crippen LogP contribution >= 0.6 is 24.0 Å². The maximum Gasteiger partial charge on any atom is 0.120 e. The van der Waals surface area contributed by atoms with Crippen LogP contribution < -0.4 is 4.74 Å². The molecular weight excluding hydrogens is 271 g/mol. The van der Waals surface area contributed by atoms with Crippen LogP contribution in [-0.2, 0) is 0 Å². The van der Waals surface area contributed by atoms with Gasteiger partial charge in [0.25, 0.3) is 0 Å². The molecule has 1 saturated heterocycles. The molecule has 2 rings (SSSR count). The van der Waals surface area contributed by atoms with E-state index < -0.39 is 0 Å². The molecule has 0 amide bonds. The Morgan fingerprint density at radius 1 is 1.22 bits per heavy atom. The molecule has 5 heteroatoms. The first-order valence-corrected chi connectivity index (χ1v) is 6.41. The van der Waals surface area contributed by atoms with Gasteiger partial charge < -0.3 is 9.64 Å². The summed E-state index contributed by atoms with van der Waals surface area (Å²) in [5, 5.41) is 0.724. The standard InChI is InChI=1S/C13H19ClN2O.ClH/c1-15-5-7-16(8-6-15)9-10-17-13-4-2-3-12(14)11-13;/h2-4,11H,5-10H2,1H3;1H. The van der Waals surface area contributed by atoms with Crippen molar-refractivity contribution in [2.75, 3.05) is 46.4 Å². The Labute approximate surface area is 120 Å². The first kappa shape index (κ1) is 15.6. The van der Waals surface area contributed by atoms with Crippen LogP contribution in [0.4, 0.5) is 0 Å².